The molecule has 0 saturated heterocycles. The molecule has 2 aromatic carbocycles. The average molecular weight is 333 g/mol. The number of benzene rings is 2. The number of anilines is 1. The molecule has 2 aromatic rings. The molecule has 2 nitrogen and oxygen atoms in total. The van der Waals surface area contributed by atoms with E-state index in [4.69, 9.17) is 0 Å². The van der Waals surface area contributed by atoms with Crippen LogP contribution in [-0.4, -0.2) is 7.05 Å². The summed E-state index contributed by atoms with van der Waals surface area (Å²) >= 11 is 3.38. The van der Waals surface area contributed by atoms with Gasteiger partial charge in [0.1, 0.15) is 11.9 Å². The van der Waals surface area contributed by atoms with Crippen LogP contribution in [0.5, 0.6) is 0 Å². The van der Waals surface area contributed by atoms with Gasteiger partial charge in [0.2, 0.25) is 0 Å². The van der Waals surface area contributed by atoms with Crippen molar-refractivity contribution in [2.24, 2.45) is 0 Å². The van der Waals surface area contributed by atoms with Gasteiger partial charge >= 0.3 is 0 Å². The molecular weight excluding hydrogens is 319 g/mol. The Morgan fingerprint density at radius 3 is 2.65 bits per heavy atom. The summed E-state index contributed by atoms with van der Waals surface area (Å²) in [6.07, 6.45) is 0. The lowest BCUT2D eigenvalue weighted by atomic mass is 10.1. The Morgan fingerprint density at radius 1 is 1.20 bits per heavy atom. The fourth-order valence-corrected chi connectivity index (χ4v) is 2.43. The lowest BCUT2D eigenvalue weighted by Crippen LogP contribution is -2.17. The number of hydrogen-bond donors (Lipinski definition) is 0. The number of alkyl halides is 1. The van der Waals surface area contributed by atoms with Gasteiger partial charge in [0.15, 0.2) is 0 Å². The molecule has 0 N–H and O–H groups in total. The summed E-state index contributed by atoms with van der Waals surface area (Å²) in [6, 6.07) is 14.5. The van der Waals surface area contributed by atoms with Crippen molar-refractivity contribution in [2.45, 2.75) is 11.9 Å². The van der Waals surface area contributed by atoms with Gasteiger partial charge < -0.3 is 4.90 Å². The third-order valence-electron chi connectivity index (χ3n) is 3.06. The van der Waals surface area contributed by atoms with Crippen molar-refractivity contribution >= 4 is 21.6 Å². The lowest BCUT2D eigenvalue weighted by molar-refractivity contribution is 0.625. The maximum atomic E-state index is 13.2. The van der Waals surface area contributed by atoms with E-state index in [0.717, 1.165) is 22.1 Å². The molecule has 102 valence electrons. The second-order valence-electron chi connectivity index (χ2n) is 4.58. The second kappa shape index (κ2) is 6.53. The summed E-state index contributed by atoms with van der Waals surface area (Å²) in [6.45, 7) is 0.556. The van der Waals surface area contributed by atoms with Crippen LogP contribution in [0.1, 0.15) is 16.7 Å². The molecule has 0 saturated carbocycles. The molecule has 4 heteroatoms. The fraction of sp³-hybridized carbons (Fsp3) is 0.188. The van der Waals surface area contributed by atoms with Crippen LogP contribution in [-0.2, 0) is 11.9 Å². The molecule has 2 rings (SSSR count). The van der Waals surface area contributed by atoms with Crippen molar-refractivity contribution in [1.29, 1.82) is 5.26 Å². The van der Waals surface area contributed by atoms with E-state index < -0.39 is 0 Å². The predicted octanol–water partition coefficient (Wildman–Crippen LogP) is 4.23. The molecule has 0 unspecified atom stereocenters. The Morgan fingerprint density at radius 2 is 2.00 bits per heavy atom. The van der Waals surface area contributed by atoms with Crippen LogP contribution < -0.4 is 4.90 Å². The largest absolute Gasteiger partial charge is 0.369 e. The molecule has 0 bridgehead atoms. The van der Waals surface area contributed by atoms with Crippen LogP contribution in [0.4, 0.5) is 10.1 Å². The van der Waals surface area contributed by atoms with Gasteiger partial charge in [-0.15, -0.1) is 0 Å². The Labute approximate surface area is 126 Å². The van der Waals surface area contributed by atoms with E-state index >= 15 is 0 Å². The standard InChI is InChI=1S/C16H14BrFN2/c1-20(11-13-3-2-4-15(18)8-13)16-6-5-12(9-17)7-14(16)10-19/h2-8H,9,11H2,1H3. The highest BCUT2D eigenvalue weighted by molar-refractivity contribution is 9.08. The number of nitrogens with zero attached hydrogens (tertiary/aromatic N) is 2. The van der Waals surface area contributed by atoms with Crippen LogP contribution in [0.2, 0.25) is 0 Å². The first kappa shape index (κ1) is 14.5. The van der Waals surface area contributed by atoms with Crippen molar-refractivity contribution in [3.63, 3.8) is 0 Å². The number of halogens is 2. The van der Waals surface area contributed by atoms with Crippen molar-refractivity contribution in [1.82, 2.24) is 0 Å². The van der Waals surface area contributed by atoms with Gasteiger partial charge in [0.05, 0.1) is 11.3 Å². The minimum atomic E-state index is -0.244. The minimum absolute atomic E-state index is 0.244. The van der Waals surface area contributed by atoms with Gasteiger partial charge in [-0.05, 0) is 35.4 Å². The van der Waals surface area contributed by atoms with Gasteiger partial charge in [0.25, 0.3) is 0 Å². The monoisotopic (exact) mass is 332 g/mol. The summed E-state index contributed by atoms with van der Waals surface area (Å²) in [5, 5.41) is 9.96. The molecule has 0 heterocycles. The van der Waals surface area contributed by atoms with Crippen molar-refractivity contribution in [3.8, 4) is 6.07 Å². The van der Waals surface area contributed by atoms with Crippen molar-refractivity contribution in [2.75, 3.05) is 11.9 Å². The molecule has 0 aliphatic carbocycles. The van der Waals surface area contributed by atoms with E-state index in [1.165, 1.54) is 12.1 Å². The number of nitriles is 1. The summed E-state index contributed by atoms with van der Waals surface area (Å²) in [5.41, 5.74) is 3.41. The Kier molecular flexibility index (Phi) is 4.75. The first-order chi connectivity index (χ1) is 9.63. The molecule has 0 fully saturated rings. The van der Waals surface area contributed by atoms with Crippen LogP contribution in [0.3, 0.4) is 0 Å². The van der Waals surface area contributed by atoms with Crippen LogP contribution in [0.15, 0.2) is 42.5 Å². The SMILES string of the molecule is CN(Cc1cccc(F)c1)c1ccc(CBr)cc1C#N. The van der Waals surface area contributed by atoms with Gasteiger partial charge in [-0.25, -0.2) is 4.39 Å². The Bertz CT molecular complexity index is 649. The zero-order chi connectivity index (χ0) is 14.5. The zero-order valence-electron chi connectivity index (χ0n) is 11.1. The van der Waals surface area contributed by atoms with Gasteiger partial charge in [-0.3, -0.25) is 0 Å². The van der Waals surface area contributed by atoms with E-state index in [9.17, 15) is 9.65 Å². The zero-order valence-corrected chi connectivity index (χ0v) is 12.7. The minimum Gasteiger partial charge on any atom is -0.369 e. The molecule has 0 aromatic heterocycles. The van der Waals surface area contributed by atoms with Gasteiger partial charge in [0, 0.05) is 18.9 Å². The van der Waals surface area contributed by atoms with Crippen molar-refractivity contribution < 1.29 is 4.39 Å². The highest BCUT2D eigenvalue weighted by Crippen LogP contribution is 2.23. The first-order valence-corrected chi connectivity index (χ1v) is 7.30. The summed E-state index contributed by atoms with van der Waals surface area (Å²) in [7, 11) is 1.90. The normalized spacial score (nSPS) is 10.1. The smallest absolute Gasteiger partial charge is 0.123 e. The third kappa shape index (κ3) is 3.37. The summed E-state index contributed by atoms with van der Waals surface area (Å²) in [5.74, 6) is -0.244. The van der Waals surface area contributed by atoms with E-state index in [2.05, 4.69) is 22.0 Å². The highest BCUT2D eigenvalue weighted by atomic mass is 79.9. The molecule has 0 atom stereocenters. The lowest BCUT2D eigenvalue weighted by Gasteiger charge is -2.21. The molecule has 0 spiro atoms. The molecule has 0 aliphatic heterocycles. The quantitative estimate of drug-likeness (QED) is 0.783. The fourth-order valence-electron chi connectivity index (χ4n) is 2.08. The summed E-state index contributed by atoms with van der Waals surface area (Å²) < 4.78 is 13.2. The van der Waals surface area contributed by atoms with Crippen LogP contribution in [0, 0.1) is 17.1 Å². The van der Waals surface area contributed by atoms with E-state index in [-0.39, 0.29) is 5.82 Å². The molecule has 0 aliphatic rings. The van der Waals surface area contributed by atoms with E-state index in [0.29, 0.717) is 12.1 Å². The summed E-state index contributed by atoms with van der Waals surface area (Å²) in [4.78, 5) is 1.95. The molecular formula is C16H14BrFN2. The molecule has 0 radical (unpaired) electrons. The van der Waals surface area contributed by atoms with Crippen LogP contribution in [0.25, 0.3) is 0 Å². The Balaban J connectivity index is 2.25. The van der Waals surface area contributed by atoms with E-state index in [1.807, 2.05) is 36.2 Å². The van der Waals surface area contributed by atoms with E-state index in [1.54, 1.807) is 6.07 Å². The highest BCUT2D eigenvalue weighted by Gasteiger charge is 2.09. The number of rotatable bonds is 4. The topological polar surface area (TPSA) is 27.0 Å². The number of hydrogen-bond acceptors (Lipinski definition) is 2. The van der Waals surface area contributed by atoms with Gasteiger partial charge in [-0.2, -0.15) is 5.26 Å². The third-order valence-corrected chi connectivity index (χ3v) is 3.70. The first-order valence-electron chi connectivity index (χ1n) is 6.18. The maximum absolute atomic E-state index is 13.2. The molecule has 0 amide bonds. The molecule has 20 heavy (non-hydrogen) atoms. The van der Waals surface area contributed by atoms with Gasteiger partial charge in [-0.1, -0.05) is 34.1 Å². The van der Waals surface area contributed by atoms with Crippen molar-refractivity contribution in [3.05, 3.63) is 65.0 Å². The van der Waals surface area contributed by atoms with Crippen LogP contribution >= 0.6 is 15.9 Å². The Hall–Kier alpha value is -1.86. The maximum Gasteiger partial charge on any atom is 0.123 e. The predicted molar refractivity (Wildman–Crippen MR) is 82.3 cm³/mol. The average Bonchev–Trinajstić information content (AvgIpc) is 2.46. The second-order valence-corrected chi connectivity index (χ2v) is 5.14.